The number of rotatable bonds is 1. The molecule has 6 nitrogen and oxygen atoms in total. The van der Waals surface area contributed by atoms with Gasteiger partial charge in [-0.1, -0.05) is 11.6 Å². The van der Waals surface area contributed by atoms with Crippen molar-refractivity contribution >= 4 is 28.6 Å². The first-order valence-corrected chi connectivity index (χ1v) is 7.48. The Bertz CT molecular complexity index is 779. The lowest BCUT2D eigenvalue weighted by atomic mass is 10.1. The molecule has 1 fully saturated rings. The average Bonchev–Trinajstić information content (AvgIpc) is 2.82. The fourth-order valence-corrected chi connectivity index (χ4v) is 2.70. The predicted octanol–water partition coefficient (Wildman–Crippen LogP) is 2.54. The van der Waals surface area contributed by atoms with E-state index in [1.54, 1.807) is 6.07 Å². The number of imidazole rings is 1. The van der Waals surface area contributed by atoms with Crippen LogP contribution in [0.3, 0.4) is 0 Å². The van der Waals surface area contributed by atoms with Crippen molar-refractivity contribution in [2.24, 2.45) is 0 Å². The van der Waals surface area contributed by atoms with Crippen LogP contribution in [0.25, 0.3) is 11.0 Å². The number of alkyl halides is 3. The second-order valence-corrected chi connectivity index (χ2v) is 5.68. The van der Waals surface area contributed by atoms with Crippen molar-refractivity contribution in [3.63, 3.8) is 0 Å². The van der Waals surface area contributed by atoms with Gasteiger partial charge in [0.05, 0.1) is 11.0 Å². The highest BCUT2D eigenvalue weighted by atomic mass is 35.5. The molecule has 132 valence electrons. The van der Waals surface area contributed by atoms with E-state index >= 15 is 0 Å². The molecule has 3 N–H and O–H groups in total. The molecule has 2 heterocycles. The van der Waals surface area contributed by atoms with Crippen molar-refractivity contribution in [1.29, 1.82) is 0 Å². The van der Waals surface area contributed by atoms with Gasteiger partial charge in [-0.05, 0) is 44.1 Å². The molecule has 24 heavy (non-hydrogen) atoms. The summed E-state index contributed by atoms with van der Waals surface area (Å²) < 4.78 is 33.6. The molecule has 0 radical (unpaired) electrons. The van der Waals surface area contributed by atoms with E-state index in [1.807, 2.05) is 16.7 Å². The quantitative estimate of drug-likeness (QED) is 0.724. The van der Waals surface area contributed by atoms with Crippen molar-refractivity contribution in [2.75, 3.05) is 13.1 Å². The van der Waals surface area contributed by atoms with E-state index in [1.165, 1.54) is 0 Å². The van der Waals surface area contributed by atoms with E-state index in [2.05, 4.69) is 10.3 Å². The number of aliphatic carboxylic acids is 1. The van der Waals surface area contributed by atoms with Crippen molar-refractivity contribution in [1.82, 2.24) is 14.9 Å². The van der Waals surface area contributed by atoms with Crippen LogP contribution in [0.2, 0.25) is 5.02 Å². The number of carbonyl (C=O) groups is 1. The summed E-state index contributed by atoms with van der Waals surface area (Å²) >= 11 is 5.92. The Morgan fingerprint density at radius 3 is 2.42 bits per heavy atom. The van der Waals surface area contributed by atoms with Crippen LogP contribution in [0.4, 0.5) is 13.2 Å². The van der Waals surface area contributed by atoms with Crippen LogP contribution in [-0.4, -0.2) is 39.9 Å². The Balaban J connectivity index is 0.000000256. The molecule has 1 aliphatic rings. The third kappa shape index (κ3) is 4.30. The third-order valence-corrected chi connectivity index (χ3v) is 3.83. The van der Waals surface area contributed by atoms with Crippen molar-refractivity contribution in [2.45, 2.75) is 25.1 Å². The van der Waals surface area contributed by atoms with Crippen LogP contribution < -0.4 is 11.0 Å². The molecule has 1 saturated heterocycles. The molecule has 1 aliphatic heterocycles. The minimum absolute atomic E-state index is 0.0332. The Hall–Kier alpha value is -2.00. The molecular weight excluding hydrogens is 351 g/mol. The van der Waals surface area contributed by atoms with Gasteiger partial charge in [0.1, 0.15) is 0 Å². The molecule has 3 rings (SSSR count). The number of carboxylic acid groups (broad SMARTS) is 1. The zero-order valence-corrected chi connectivity index (χ0v) is 13.1. The number of fused-ring (bicyclic) bond motifs is 1. The van der Waals surface area contributed by atoms with Crippen molar-refractivity contribution in [3.8, 4) is 0 Å². The van der Waals surface area contributed by atoms with Crippen LogP contribution in [0.1, 0.15) is 18.9 Å². The van der Waals surface area contributed by atoms with Gasteiger partial charge in [0.25, 0.3) is 0 Å². The Morgan fingerprint density at radius 2 is 1.88 bits per heavy atom. The lowest BCUT2D eigenvalue weighted by molar-refractivity contribution is -0.192. The summed E-state index contributed by atoms with van der Waals surface area (Å²) in [6.07, 6.45) is -3.09. The van der Waals surface area contributed by atoms with Gasteiger partial charge in [-0.25, -0.2) is 9.59 Å². The maximum atomic E-state index is 12.0. The summed E-state index contributed by atoms with van der Waals surface area (Å²) in [7, 11) is 0. The summed E-state index contributed by atoms with van der Waals surface area (Å²) in [5.41, 5.74) is 1.74. The lowest BCUT2D eigenvalue weighted by Gasteiger charge is -2.23. The van der Waals surface area contributed by atoms with E-state index in [0.29, 0.717) is 11.1 Å². The number of nitrogens with zero attached hydrogens (tertiary/aromatic N) is 1. The number of nitrogens with one attached hydrogen (secondary N) is 2. The van der Waals surface area contributed by atoms with Crippen LogP contribution in [0.5, 0.6) is 0 Å². The number of carboxylic acids is 1. The van der Waals surface area contributed by atoms with Gasteiger partial charge >= 0.3 is 17.8 Å². The number of benzene rings is 1. The maximum absolute atomic E-state index is 12.0. The molecule has 1 aromatic heterocycles. The second-order valence-electron chi connectivity index (χ2n) is 5.25. The molecule has 0 bridgehead atoms. The molecule has 0 unspecified atom stereocenters. The summed E-state index contributed by atoms with van der Waals surface area (Å²) in [5, 5.41) is 11.1. The molecule has 2 aromatic rings. The zero-order valence-electron chi connectivity index (χ0n) is 12.4. The van der Waals surface area contributed by atoms with Crippen LogP contribution >= 0.6 is 11.6 Å². The first-order chi connectivity index (χ1) is 11.2. The van der Waals surface area contributed by atoms with Crippen LogP contribution in [-0.2, 0) is 4.79 Å². The largest absolute Gasteiger partial charge is 0.490 e. The molecule has 0 saturated carbocycles. The van der Waals surface area contributed by atoms with E-state index < -0.39 is 12.1 Å². The van der Waals surface area contributed by atoms with Gasteiger partial charge < -0.3 is 15.4 Å². The van der Waals surface area contributed by atoms with Gasteiger partial charge in [0.15, 0.2) is 0 Å². The normalized spacial score (nSPS) is 15.8. The number of piperidine rings is 1. The summed E-state index contributed by atoms with van der Waals surface area (Å²) in [6.45, 7) is 1.94. The zero-order chi connectivity index (χ0) is 17.9. The number of hydrogen-bond donors (Lipinski definition) is 3. The van der Waals surface area contributed by atoms with Gasteiger partial charge in [-0.3, -0.25) is 4.57 Å². The first-order valence-electron chi connectivity index (χ1n) is 7.10. The van der Waals surface area contributed by atoms with Gasteiger partial charge in [-0.2, -0.15) is 13.2 Å². The van der Waals surface area contributed by atoms with E-state index in [0.717, 1.165) is 37.0 Å². The third-order valence-electron chi connectivity index (χ3n) is 3.59. The SMILES string of the molecule is O=C(O)C(F)(F)F.O=c1[nH]c2cc(Cl)ccc2n1C1CCNCC1. The standard InChI is InChI=1S/C12H14ClN3O.C2HF3O2/c13-8-1-2-11-10(7-8)15-12(17)16(11)9-3-5-14-6-4-9;3-2(4,5)1(6)7/h1-2,7,9,14H,3-6H2,(H,15,17);(H,6,7). The van der Waals surface area contributed by atoms with Crippen molar-refractivity contribution < 1.29 is 23.1 Å². The minimum Gasteiger partial charge on any atom is -0.475 e. The maximum Gasteiger partial charge on any atom is 0.490 e. The molecule has 1 aromatic carbocycles. The minimum atomic E-state index is -5.08. The van der Waals surface area contributed by atoms with Gasteiger partial charge in [0.2, 0.25) is 0 Å². The Morgan fingerprint density at radius 1 is 1.29 bits per heavy atom. The molecule has 0 spiro atoms. The molecule has 0 aliphatic carbocycles. The first kappa shape index (κ1) is 18.3. The van der Waals surface area contributed by atoms with Crippen LogP contribution in [0.15, 0.2) is 23.0 Å². The number of aromatic amines is 1. The number of H-pyrrole nitrogens is 1. The number of hydrogen-bond acceptors (Lipinski definition) is 3. The number of aromatic nitrogens is 2. The molecule has 0 atom stereocenters. The Kier molecular flexibility index (Phi) is 5.55. The number of halogens is 4. The Labute approximate surface area is 139 Å². The topological polar surface area (TPSA) is 87.1 Å². The van der Waals surface area contributed by atoms with E-state index in [9.17, 15) is 18.0 Å². The highest BCUT2D eigenvalue weighted by Gasteiger charge is 2.38. The lowest BCUT2D eigenvalue weighted by Crippen LogP contribution is -2.33. The fourth-order valence-electron chi connectivity index (χ4n) is 2.53. The van der Waals surface area contributed by atoms with Crippen molar-refractivity contribution in [3.05, 3.63) is 33.7 Å². The van der Waals surface area contributed by atoms with Crippen LogP contribution in [0, 0.1) is 0 Å². The molecule has 0 amide bonds. The monoisotopic (exact) mass is 365 g/mol. The highest BCUT2D eigenvalue weighted by Crippen LogP contribution is 2.23. The highest BCUT2D eigenvalue weighted by molar-refractivity contribution is 6.31. The molecular formula is C14H15ClF3N3O3. The summed E-state index contributed by atoms with van der Waals surface area (Å²) in [5.74, 6) is -2.76. The summed E-state index contributed by atoms with van der Waals surface area (Å²) in [4.78, 5) is 23.8. The summed E-state index contributed by atoms with van der Waals surface area (Å²) in [6, 6.07) is 5.83. The van der Waals surface area contributed by atoms with E-state index in [4.69, 9.17) is 21.5 Å². The smallest absolute Gasteiger partial charge is 0.475 e. The fraction of sp³-hybridized carbons (Fsp3) is 0.429. The second kappa shape index (κ2) is 7.27. The van der Waals surface area contributed by atoms with Gasteiger partial charge in [0, 0.05) is 11.1 Å². The predicted molar refractivity (Wildman–Crippen MR) is 82.4 cm³/mol. The van der Waals surface area contributed by atoms with Gasteiger partial charge in [-0.15, -0.1) is 0 Å². The van der Waals surface area contributed by atoms with E-state index in [-0.39, 0.29) is 5.69 Å². The molecule has 10 heteroatoms. The average molecular weight is 366 g/mol.